The van der Waals surface area contributed by atoms with Crippen LogP contribution in [0.5, 0.6) is 0 Å². The molecule has 1 saturated carbocycles. The molecule has 1 aliphatic carbocycles. The van der Waals surface area contributed by atoms with Gasteiger partial charge in [-0.15, -0.1) is 0 Å². The minimum absolute atomic E-state index is 0.155. The highest BCUT2D eigenvalue weighted by Gasteiger charge is 2.16. The number of carbonyl (C=O) groups excluding carboxylic acids is 1. The fourth-order valence-electron chi connectivity index (χ4n) is 2.90. The third-order valence-electron chi connectivity index (χ3n) is 4.30. The van der Waals surface area contributed by atoms with E-state index in [0.717, 1.165) is 24.0 Å². The van der Waals surface area contributed by atoms with E-state index in [-0.39, 0.29) is 11.3 Å². The highest BCUT2D eigenvalue weighted by molar-refractivity contribution is 6.05. The predicted molar refractivity (Wildman–Crippen MR) is 81.2 cm³/mol. The number of aromatic nitrogens is 1. The summed E-state index contributed by atoms with van der Waals surface area (Å²) in [4.78, 5) is 24.5. The Bertz CT molecular complexity index is 590. The summed E-state index contributed by atoms with van der Waals surface area (Å²) >= 11 is 0. The van der Waals surface area contributed by atoms with Crippen LogP contribution in [0.1, 0.15) is 53.6 Å². The van der Waals surface area contributed by atoms with E-state index in [1.165, 1.54) is 23.8 Å². The Morgan fingerprint density at radius 2 is 1.90 bits per heavy atom. The summed E-state index contributed by atoms with van der Waals surface area (Å²) in [6.07, 6.45) is 11.5. The van der Waals surface area contributed by atoms with Crippen LogP contribution in [-0.2, 0) is 7.05 Å². The van der Waals surface area contributed by atoms with Crippen molar-refractivity contribution in [2.75, 3.05) is 0 Å². The summed E-state index contributed by atoms with van der Waals surface area (Å²) in [5.41, 5.74) is 1.89. The highest BCUT2D eigenvalue weighted by atomic mass is 16.1. The fourth-order valence-corrected chi connectivity index (χ4v) is 2.90. The van der Waals surface area contributed by atoms with Crippen molar-refractivity contribution in [3.05, 3.63) is 45.4 Å². The molecule has 2 rings (SSSR count). The quantitative estimate of drug-likeness (QED) is 0.626. The largest absolute Gasteiger partial charge is 0.318 e. The van der Waals surface area contributed by atoms with E-state index in [4.69, 9.17) is 0 Å². The summed E-state index contributed by atoms with van der Waals surface area (Å²) in [6.45, 7) is 3.77. The van der Waals surface area contributed by atoms with Crippen molar-refractivity contribution in [3.8, 4) is 0 Å². The zero-order valence-electron chi connectivity index (χ0n) is 12.6. The van der Waals surface area contributed by atoms with Gasteiger partial charge in [0.05, 0.1) is 5.56 Å². The molecule has 0 spiro atoms. The van der Waals surface area contributed by atoms with Crippen LogP contribution < -0.4 is 5.56 Å². The first kappa shape index (κ1) is 14.8. The van der Waals surface area contributed by atoms with Gasteiger partial charge in [-0.25, -0.2) is 0 Å². The maximum absolute atomic E-state index is 12.3. The number of nitrogens with zero attached hydrogens (tertiary/aromatic N) is 1. The molecule has 1 aromatic rings. The molecular weight excluding hydrogens is 250 g/mol. The van der Waals surface area contributed by atoms with Crippen molar-refractivity contribution < 1.29 is 4.79 Å². The highest BCUT2D eigenvalue weighted by Crippen LogP contribution is 2.24. The average Bonchev–Trinajstić information content (AvgIpc) is 2.44. The van der Waals surface area contributed by atoms with Crippen molar-refractivity contribution >= 4 is 5.78 Å². The topological polar surface area (TPSA) is 39.1 Å². The van der Waals surface area contributed by atoms with Gasteiger partial charge >= 0.3 is 0 Å². The Hall–Kier alpha value is -1.64. The molecule has 1 heterocycles. The van der Waals surface area contributed by atoms with Gasteiger partial charge in [0.15, 0.2) is 5.78 Å². The molecule has 3 heteroatoms. The lowest BCUT2D eigenvalue weighted by Crippen LogP contribution is -2.25. The molecular formula is C17H23NO2. The van der Waals surface area contributed by atoms with Crippen LogP contribution in [0.25, 0.3) is 0 Å². The minimum atomic E-state index is -0.202. The van der Waals surface area contributed by atoms with Crippen LogP contribution >= 0.6 is 0 Å². The van der Waals surface area contributed by atoms with Gasteiger partial charge in [0.25, 0.3) is 5.56 Å². The Balaban J connectivity index is 2.25. The molecule has 0 radical (unpaired) electrons. The summed E-state index contributed by atoms with van der Waals surface area (Å²) in [5, 5.41) is 0. The second-order valence-electron chi connectivity index (χ2n) is 5.85. The Kier molecular flexibility index (Phi) is 4.58. The molecule has 1 fully saturated rings. The van der Waals surface area contributed by atoms with Crippen LogP contribution in [-0.4, -0.2) is 10.4 Å². The first-order chi connectivity index (χ1) is 9.50. The fraction of sp³-hybridized carbons (Fsp3) is 0.529. The van der Waals surface area contributed by atoms with E-state index in [1.54, 1.807) is 19.3 Å². The van der Waals surface area contributed by atoms with Crippen LogP contribution in [0.15, 0.2) is 23.1 Å². The molecule has 0 N–H and O–H groups in total. The summed E-state index contributed by atoms with van der Waals surface area (Å²) in [5.74, 6) is 0.346. The lowest BCUT2D eigenvalue weighted by molar-refractivity contribution is 0.104. The van der Waals surface area contributed by atoms with Crippen molar-refractivity contribution in [1.29, 1.82) is 0 Å². The average molecular weight is 273 g/mol. The summed E-state index contributed by atoms with van der Waals surface area (Å²) in [6, 6.07) is 0. The molecule has 0 unspecified atom stereocenters. The van der Waals surface area contributed by atoms with E-state index in [0.29, 0.717) is 11.5 Å². The second kappa shape index (κ2) is 6.21. The smallest absolute Gasteiger partial charge is 0.261 e. The molecule has 0 aromatic carbocycles. The van der Waals surface area contributed by atoms with Crippen LogP contribution in [0.3, 0.4) is 0 Å². The molecule has 0 bridgehead atoms. The number of hydrogen-bond acceptors (Lipinski definition) is 2. The van der Waals surface area contributed by atoms with Gasteiger partial charge in [-0.05, 0) is 49.8 Å². The van der Waals surface area contributed by atoms with E-state index >= 15 is 0 Å². The summed E-state index contributed by atoms with van der Waals surface area (Å²) in [7, 11) is 1.69. The Labute approximate surface area is 120 Å². The molecule has 20 heavy (non-hydrogen) atoms. The van der Waals surface area contributed by atoms with Gasteiger partial charge in [-0.3, -0.25) is 9.59 Å². The summed E-state index contributed by atoms with van der Waals surface area (Å²) < 4.78 is 1.49. The van der Waals surface area contributed by atoms with Crippen LogP contribution in [0, 0.1) is 19.8 Å². The van der Waals surface area contributed by atoms with Crippen molar-refractivity contribution in [2.45, 2.75) is 46.0 Å². The van der Waals surface area contributed by atoms with Gasteiger partial charge < -0.3 is 4.57 Å². The number of carbonyl (C=O) groups is 1. The van der Waals surface area contributed by atoms with Gasteiger partial charge in [-0.2, -0.15) is 0 Å². The van der Waals surface area contributed by atoms with E-state index in [1.807, 2.05) is 19.9 Å². The number of hydrogen-bond donors (Lipinski definition) is 0. The number of rotatable bonds is 3. The molecule has 0 amide bonds. The lowest BCUT2D eigenvalue weighted by Gasteiger charge is -2.17. The molecule has 0 atom stereocenters. The molecule has 0 aliphatic heterocycles. The monoisotopic (exact) mass is 273 g/mol. The first-order valence-electron chi connectivity index (χ1n) is 7.40. The SMILES string of the molecule is Cc1cn(C)c(=O)c(C(=O)/C=C/C2CCCCC2)c1C. The molecule has 1 aliphatic rings. The predicted octanol–water partition coefficient (Wildman–Crippen LogP) is 3.32. The van der Waals surface area contributed by atoms with E-state index < -0.39 is 0 Å². The van der Waals surface area contributed by atoms with Crippen molar-refractivity contribution in [2.24, 2.45) is 13.0 Å². The van der Waals surface area contributed by atoms with Gasteiger partial charge in [-0.1, -0.05) is 25.3 Å². The van der Waals surface area contributed by atoms with E-state index in [2.05, 4.69) is 0 Å². The van der Waals surface area contributed by atoms with Crippen LogP contribution in [0.2, 0.25) is 0 Å². The van der Waals surface area contributed by atoms with Gasteiger partial charge in [0.1, 0.15) is 0 Å². The minimum Gasteiger partial charge on any atom is -0.318 e. The standard InChI is InChI=1S/C17H23NO2/c1-12-11-18(3)17(20)16(13(12)2)15(19)10-9-14-7-5-4-6-8-14/h9-11,14H,4-8H2,1-3H3/b10-9+. The van der Waals surface area contributed by atoms with E-state index in [9.17, 15) is 9.59 Å². The Morgan fingerprint density at radius 1 is 1.25 bits per heavy atom. The molecule has 1 aromatic heterocycles. The normalized spacial score (nSPS) is 16.8. The van der Waals surface area contributed by atoms with Gasteiger partial charge in [0.2, 0.25) is 0 Å². The number of ketones is 1. The zero-order valence-corrected chi connectivity index (χ0v) is 12.6. The van der Waals surface area contributed by atoms with Crippen molar-refractivity contribution in [1.82, 2.24) is 4.57 Å². The number of aryl methyl sites for hydroxylation is 2. The maximum atomic E-state index is 12.3. The number of allylic oxidation sites excluding steroid dienone is 2. The Morgan fingerprint density at radius 3 is 2.55 bits per heavy atom. The zero-order chi connectivity index (χ0) is 14.7. The third kappa shape index (κ3) is 3.09. The second-order valence-corrected chi connectivity index (χ2v) is 5.85. The van der Waals surface area contributed by atoms with Crippen molar-refractivity contribution in [3.63, 3.8) is 0 Å². The van der Waals surface area contributed by atoms with Gasteiger partial charge in [0, 0.05) is 13.2 Å². The third-order valence-corrected chi connectivity index (χ3v) is 4.30. The van der Waals surface area contributed by atoms with Crippen LogP contribution in [0.4, 0.5) is 0 Å². The molecule has 108 valence electrons. The molecule has 3 nitrogen and oxygen atoms in total. The molecule has 0 saturated heterocycles. The first-order valence-corrected chi connectivity index (χ1v) is 7.40. The maximum Gasteiger partial charge on any atom is 0.261 e. The lowest BCUT2D eigenvalue weighted by atomic mass is 9.88. The number of pyridine rings is 1.